The molecule has 0 unspecified atom stereocenters. The number of H-pyrrole nitrogens is 1. The van der Waals surface area contributed by atoms with E-state index in [2.05, 4.69) is 20.5 Å². The van der Waals surface area contributed by atoms with Crippen molar-refractivity contribution in [2.45, 2.75) is 45.6 Å². The van der Waals surface area contributed by atoms with Gasteiger partial charge in [0.1, 0.15) is 5.82 Å². The van der Waals surface area contributed by atoms with E-state index in [1.807, 2.05) is 31.7 Å². The average Bonchev–Trinajstić information content (AvgIpc) is 3.18. The number of aromatic nitrogens is 4. The second kappa shape index (κ2) is 5.94. The van der Waals surface area contributed by atoms with Gasteiger partial charge in [-0.2, -0.15) is 5.10 Å². The Morgan fingerprint density at radius 2 is 2.27 bits per heavy atom. The molecule has 22 heavy (non-hydrogen) atoms. The van der Waals surface area contributed by atoms with E-state index in [0.29, 0.717) is 18.8 Å². The van der Waals surface area contributed by atoms with E-state index >= 15 is 0 Å². The zero-order valence-electron chi connectivity index (χ0n) is 13.4. The van der Waals surface area contributed by atoms with Crippen LogP contribution < -0.4 is 5.32 Å². The van der Waals surface area contributed by atoms with E-state index in [4.69, 9.17) is 0 Å². The molecule has 1 aliphatic carbocycles. The normalized spacial score (nSPS) is 15.8. The Balaban J connectivity index is 1.60. The molecule has 1 amide bonds. The van der Waals surface area contributed by atoms with Crippen molar-refractivity contribution in [1.29, 1.82) is 0 Å². The molecule has 3 rings (SSSR count). The third-order valence-corrected chi connectivity index (χ3v) is 4.49. The van der Waals surface area contributed by atoms with Gasteiger partial charge in [0.15, 0.2) is 0 Å². The Labute approximate surface area is 130 Å². The first-order chi connectivity index (χ1) is 10.6. The molecule has 2 heterocycles. The van der Waals surface area contributed by atoms with Gasteiger partial charge in [0.05, 0.1) is 11.7 Å². The Bertz CT molecular complexity index is 668. The van der Waals surface area contributed by atoms with Gasteiger partial charge in [-0.05, 0) is 38.2 Å². The summed E-state index contributed by atoms with van der Waals surface area (Å²) in [5.74, 6) is 1.54. The van der Waals surface area contributed by atoms with Gasteiger partial charge in [-0.1, -0.05) is 0 Å². The molecule has 1 atom stereocenters. The van der Waals surface area contributed by atoms with Crippen molar-refractivity contribution >= 4 is 5.91 Å². The van der Waals surface area contributed by atoms with E-state index in [-0.39, 0.29) is 11.9 Å². The minimum atomic E-state index is 0.0366. The highest BCUT2D eigenvalue weighted by Gasteiger charge is 2.35. The van der Waals surface area contributed by atoms with E-state index in [0.717, 1.165) is 35.6 Å². The minimum absolute atomic E-state index is 0.0366. The molecule has 2 N–H and O–H groups in total. The van der Waals surface area contributed by atoms with Gasteiger partial charge >= 0.3 is 0 Å². The minimum Gasteiger partial charge on any atom is -0.346 e. The molecule has 1 fully saturated rings. The van der Waals surface area contributed by atoms with Crippen LogP contribution in [-0.4, -0.2) is 25.7 Å². The van der Waals surface area contributed by atoms with Crippen molar-refractivity contribution in [3.8, 4) is 0 Å². The molecule has 0 spiro atoms. The zero-order chi connectivity index (χ0) is 15.7. The molecule has 0 aliphatic heterocycles. The number of nitrogens with zero attached hydrogens (tertiary/aromatic N) is 3. The smallest absolute Gasteiger partial charge is 0.220 e. The molecular weight excluding hydrogens is 278 g/mol. The number of nitrogens with one attached hydrogen (secondary N) is 2. The number of carbonyl (C=O) groups excluding carboxylic acids is 1. The molecule has 2 aromatic heterocycles. The average molecular weight is 301 g/mol. The maximum absolute atomic E-state index is 12.3. The quantitative estimate of drug-likeness (QED) is 0.856. The van der Waals surface area contributed by atoms with Crippen LogP contribution in [0.25, 0.3) is 0 Å². The summed E-state index contributed by atoms with van der Waals surface area (Å²) >= 11 is 0. The van der Waals surface area contributed by atoms with Crippen LogP contribution in [0.15, 0.2) is 12.4 Å². The summed E-state index contributed by atoms with van der Waals surface area (Å²) in [6, 6.07) is 0.0366. The van der Waals surface area contributed by atoms with Crippen LogP contribution in [0.5, 0.6) is 0 Å². The number of aryl methyl sites for hydroxylation is 3. The van der Waals surface area contributed by atoms with Crippen molar-refractivity contribution in [3.05, 3.63) is 35.2 Å². The third kappa shape index (κ3) is 3.05. The molecule has 2 aromatic rings. The van der Waals surface area contributed by atoms with Gasteiger partial charge in [-0.15, -0.1) is 0 Å². The predicted octanol–water partition coefficient (Wildman–Crippen LogP) is 1.96. The Morgan fingerprint density at radius 3 is 2.82 bits per heavy atom. The fourth-order valence-electron chi connectivity index (χ4n) is 2.76. The monoisotopic (exact) mass is 301 g/mol. The van der Waals surface area contributed by atoms with Crippen LogP contribution in [0.1, 0.15) is 48.1 Å². The number of hydrogen-bond donors (Lipinski definition) is 2. The van der Waals surface area contributed by atoms with Crippen LogP contribution in [0.4, 0.5) is 0 Å². The fourth-order valence-corrected chi connectivity index (χ4v) is 2.76. The lowest BCUT2D eigenvalue weighted by Gasteiger charge is -2.18. The first-order valence-corrected chi connectivity index (χ1v) is 7.83. The highest BCUT2D eigenvalue weighted by molar-refractivity contribution is 5.76. The number of carbonyl (C=O) groups is 1. The summed E-state index contributed by atoms with van der Waals surface area (Å²) in [5.41, 5.74) is 3.20. The van der Waals surface area contributed by atoms with E-state index in [1.54, 1.807) is 6.20 Å². The van der Waals surface area contributed by atoms with Crippen LogP contribution in [0.3, 0.4) is 0 Å². The molecule has 118 valence electrons. The van der Waals surface area contributed by atoms with Gasteiger partial charge in [0.25, 0.3) is 0 Å². The topological polar surface area (TPSA) is 75.6 Å². The third-order valence-electron chi connectivity index (χ3n) is 4.49. The maximum atomic E-state index is 12.3. The van der Waals surface area contributed by atoms with Crippen molar-refractivity contribution in [2.75, 3.05) is 0 Å². The Hall–Kier alpha value is -2.11. The van der Waals surface area contributed by atoms with Crippen LogP contribution in [0, 0.1) is 19.8 Å². The standard InChI is InChI=1S/C16H23N5O/c1-10-11(2)19-20-13(10)6-7-14(22)18-15(12-4-5-12)16-17-8-9-21(16)3/h8-9,12,15H,4-7H2,1-3H3,(H,18,22)(H,19,20)/t15-/m0/s1. The van der Waals surface area contributed by atoms with E-state index in [9.17, 15) is 4.79 Å². The predicted molar refractivity (Wildman–Crippen MR) is 83.2 cm³/mol. The molecule has 6 heteroatoms. The summed E-state index contributed by atoms with van der Waals surface area (Å²) in [5, 5.41) is 10.4. The summed E-state index contributed by atoms with van der Waals surface area (Å²) in [4.78, 5) is 16.7. The summed E-state index contributed by atoms with van der Waals surface area (Å²) < 4.78 is 1.99. The molecule has 0 aromatic carbocycles. The molecule has 0 radical (unpaired) electrons. The highest BCUT2D eigenvalue weighted by Crippen LogP contribution is 2.40. The van der Waals surface area contributed by atoms with Crippen molar-refractivity contribution in [1.82, 2.24) is 25.1 Å². The number of amides is 1. The second-order valence-corrected chi connectivity index (χ2v) is 6.20. The summed E-state index contributed by atoms with van der Waals surface area (Å²) in [6.45, 7) is 4.03. The lowest BCUT2D eigenvalue weighted by molar-refractivity contribution is -0.122. The maximum Gasteiger partial charge on any atom is 0.220 e. The van der Waals surface area contributed by atoms with Gasteiger partial charge in [0.2, 0.25) is 5.91 Å². The fraction of sp³-hybridized carbons (Fsp3) is 0.562. The van der Waals surface area contributed by atoms with Crippen LogP contribution in [0.2, 0.25) is 0 Å². The molecule has 0 bridgehead atoms. The Kier molecular flexibility index (Phi) is 4.00. The molecule has 0 saturated heterocycles. The van der Waals surface area contributed by atoms with Crippen LogP contribution in [-0.2, 0) is 18.3 Å². The lowest BCUT2D eigenvalue weighted by Crippen LogP contribution is -2.31. The van der Waals surface area contributed by atoms with Gasteiger partial charge in [-0.3, -0.25) is 9.89 Å². The summed E-state index contributed by atoms with van der Waals surface area (Å²) in [7, 11) is 1.97. The molecule has 6 nitrogen and oxygen atoms in total. The van der Waals surface area contributed by atoms with Crippen molar-refractivity contribution in [2.24, 2.45) is 13.0 Å². The number of hydrogen-bond acceptors (Lipinski definition) is 3. The molecule has 1 aliphatic rings. The largest absolute Gasteiger partial charge is 0.346 e. The van der Waals surface area contributed by atoms with Crippen molar-refractivity contribution in [3.63, 3.8) is 0 Å². The second-order valence-electron chi connectivity index (χ2n) is 6.20. The zero-order valence-corrected chi connectivity index (χ0v) is 13.4. The Morgan fingerprint density at radius 1 is 1.50 bits per heavy atom. The van der Waals surface area contributed by atoms with Crippen molar-refractivity contribution < 1.29 is 4.79 Å². The molecular formula is C16H23N5O. The SMILES string of the molecule is Cc1[nH]nc(CCC(=O)N[C@H](c2nccn2C)C2CC2)c1C. The van der Waals surface area contributed by atoms with E-state index < -0.39 is 0 Å². The van der Waals surface area contributed by atoms with Gasteiger partial charge in [0, 0.05) is 38.0 Å². The summed E-state index contributed by atoms with van der Waals surface area (Å²) in [6.07, 6.45) is 7.16. The van der Waals surface area contributed by atoms with E-state index in [1.165, 1.54) is 0 Å². The number of aromatic amines is 1. The number of imidazole rings is 1. The van der Waals surface area contributed by atoms with Crippen LogP contribution >= 0.6 is 0 Å². The number of rotatable bonds is 6. The van der Waals surface area contributed by atoms with Gasteiger partial charge < -0.3 is 9.88 Å². The lowest BCUT2D eigenvalue weighted by atomic mass is 10.1. The first kappa shape index (κ1) is 14.8. The van der Waals surface area contributed by atoms with Gasteiger partial charge in [-0.25, -0.2) is 4.98 Å². The first-order valence-electron chi connectivity index (χ1n) is 7.83. The highest BCUT2D eigenvalue weighted by atomic mass is 16.1. The molecule has 1 saturated carbocycles.